The second kappa shape index (κ2) is 4.66. The standard InChI is InChI=1S/C9H10FNO3/c1-14-8(13)5-7(12)6-3-2-4-11-9(6)10/h2-4,7,12H,5H2,1H3/t7-/m0/s1. The van der Waals surface area contributed by atoms with Crippen LogP contribution in [0.1, 0.15) is 18.1 Å². The fourth-order valence-electron chi connectivity index (χ4n) is 0.998. The van der Waals surface area contributed by atoms with Gasteiger partial charge in [-0.2, -0.15) is 4.39 Å². The number of ether oxygens (including phenoxy) is 1. The number of pyridine rings is 1. The molecular formula is C9H10FNO3. The van der Waals surface area contributed by atoms with Gasteiger partial charge in [-0.05, 0) is 6.07 Å². The molecule has 0 radical (unpaired) electrons. The second-order valence-corrected chi connectivity index (χ2v) is 2.68. The third-order valence-electron chi connectivity index (χ3n) is 1.73. The predicted octanol–water partition coefficient (Wildman–Crippen LogP) is 0.817. The molecule has 0 aliphatic carbocycles. The Hall–Kier alpha value is -1.49. The maximum absolute atomic E-state index is 13.0. The van der Waals surface area contributed by atoms with E-state index in [1.54, 1.807) is 0 Å². The Bertz CT molecular complexity index is 330. The van der Waals surface area contributed by atoms with Crippen LogP contribution in [-0.2, 0) is 9.53 Å². The van der Waals surface area contributed by atoms with Crippen LogP contribution in [0.5, 0.6) is 0 Å². The lowest BCUT2D eigenvalue weighted by Crippen LogP contribution is -2.09. The van der Waals surface area contributed by atoms with E-state index in [0.717, 1.165) is 0 Å². The number of nitrogens with zero attached hydrogens (tertiary/aromatic N) is 1. The summed E-state index contributed by atoms with van der Waals surface area (Å²) in [7, 11) is 1.20. The van der Waals surface area contributed by atoms with Crippen LogP contribution in [0.3, 0.4) is 0 Å². The molecule has 0 fully saturated rings. The molecule has 0 amide bonds. The van der Waals surface area contributed by atoms with E-state index in [0.29, 0.717) is 0 Å². The predicted molar refractivity (Wildman–Crippen MR) is 45.8 cm³/mol. The summed E-state index contributed by atoms with van der Waals surface area (Å²) in [4.78, 5) is 14.1. The Labute approximate surface area is 80.3 Å². The molecule has 5 heteroatoms. The molecule has 1 aromatic heterocycles. The number of hydrogen-bond donors (Lipinski definition) is 1. The fraction of sp³-hybridized carbons (Fsp3) is 0.333. The van der Waals surface area contributed by atoms with Crippen molar-refractivity contribution in [2.75, 3.05) is 7.11 Å². The molecule has 0 bridgehead atoms. The molecule has 1 atom stereocenters. The van der Waals surface area contributed by atoms with Gasteiger partial charge in [0, 0.05) is 11.8 Å². The number of hydrogen-bond acceptors (Lipinski definition) is 4. The van der Waals surface area contributed by atoms with Crippen molar-refractivity contribution in [3.63, 3.8) is 0 Å². The van der Waals surface area contributed by atoms with Crippen molar-refractivity contribution < 1.29 is 19.0 Å². The molecule has 0 saturated carbocycles. The van der Waals surface area contributed by atoms with E-state index >= 15 is 0 Å². The molecule has 1 aromatic rings. The van der Waals surface area contributed by atoms with E-state index in [2.05, 4.69) is 9.72 Å². The summed E-state index contributed by atoms with van der Waals surface area (Å²) >= 11 is 0. The zero-order valence-electron chi connectivity index (χ0n) is 7.61. The summed E-state index contributed by atoms with van der Waals surface area (Å²) in [6.45, 7) is 0. The Morgan fingerprint density at radius 3 is 3.07 bits per heavy atom. The number of carbonyl (C=O) groups excluding carboxylic acids is 1. The maximum atomic E-state index is 13.0. The first-order valence-electron chi connectivity index (χ1n) is 4.00. The van der Waals surface area contributed by atoms with Crippen LogP contribution in [0.25, 0.3) is 0 Å². The van der Waals surface area contributed by atoms with Crippen molar-refractivity contribution in [3.05, 3.63) is 29.8 Å². The Morgan fingerprint density at radius 1 is 1.79 bits per heavy atom. The van der Waals surface area contributed by atoms with E-state index in [4.69, 9.17) is 0 Å². The van der Waals surface area contributed by atoms with E-state index in [1.807, 2.05) is 0 Å². The van der Waals surface area contributed by atoms with Crippen LogP contribution in [0.2, 0.25) is 0 Å². The SMILES string of the molecule is COC(=O)C[C@H](O)c1cccnc1F. The number of aliphatic hydroxyl groups excluding tert-OH is 1. The van der Waals surface area contributed by atoms with Crippen molar-refractivity contribution in [3.8, 4) is 0 Å². The first-order valence-corrected chi connectivity index (χ1v) is 4.00. The van der Waals surface area contributed by atoms with E-state index in [1.165, 1.54) is 25.4 Å². The highest BCUT2D eigenvalue weighted by Gasteiger charge is 2.17. The lowest BCUT2D eigenvalue weighted by atomic mass is 10.1. The minimum Gasteiger partial charge on any atom is -0.469 e. The van der Waals surface area contributed by atoms with Gasteiger partial charge in [-0.15, -0.1) is 0 Å². The minimum absolute atomic E-state index is 0.00194. The first kappa shape index (κ1) is 10.6. The number of methoxy groups -OCH3 is 1. The quantitative estimate of drug-likeness (QED) is 0.578. The Balaban J connectivity index is 2.74. The summed E-state index contributed by atoms with van der Waals surface area (Å²) in [6, 6.07) is 2.86. The van der Waals surface area contributed by atoms with Crippen LogP contribution in [0, 0.1) is 5.95 Å². The molecule has 14 heavy (non-hydrogen) atoms. The van der Waals surface area contributed by atoms with Crippen LogP contribution in [-0.4, -0.2) is 23.2 Å². The molecule has 1 rings (SSSR count). The number of esters is 1. The minimum atomic E-state index is -1.21. The highest BCUT2D eigenvalue weighted by Crippen LogP contribution is 2.18. The van der Waals surface area contributed by atoms with Crippen LogP contribution in [0.15, 0.2) is 18.3 Å². The molecule has 1 N–H and O–H groups in total. The number of carbonyl (C=O) groups is 1. The molecule has 1 heterocycles. The molecule has 0 aromatic carbocycles. The summed E-state index contributed by atoms with van der Waals surface area (Å²) < 4.78 is 17.3. The topological polar surface area (TPSA) is 59.4 Å². The normalized spacial score (nSPS) is 12.2. The largest absolute Gasteiger partial charge is 0.469 e. The molecule has 4 nitrogen and oxygen atoms in total. The van der Waals surface area contributed by atoms with E-state index in [9.17, 15) is 14.3 Å². The average Bonchev–Trinajstić information content (AvgIpc) is 2.18. The monoisotopic (exact) mass is 199 g/mol. The maximum Gasteiger partial charge on any atom is 0.308 e. The van der Waals surface area contributed by atoms with Gasteiger partial charge in [0.1, 0.15) is 0 Å². The first-order chi connectivity index (χ1) is 6.65. The summed E-state index contributed by atoms with van der Waals surface area (Å²) in [5.74, 6) is -1.37. The number of rotatable bonds is 3. The number of halogens is 1. The van der Waals surface area contributed by atoms with Crippen LogP contribution >= 0.6 is 0 Å². The van der Waals surface area contributed by atoms with Crippen molar-refractivity contribution in [2.24, 2.45) is 0 Å². The van der Waals surface area contributed by atoms with Crippen molar-refractivity contribution in [2.45, 2.75) is 12.5 Å². The third kappa shape index (κ3) is 2.50. The summed E-state index contributed by atoms with van der Waals surface area (Å²) in [5, 5.41) is 9.42. The van der Waals surface area contributed by atoms with Crippen LogP contribution in [0.4, 0.5) is 4.39 Å². The van der Waals surface area contributed by atoms with Gasteiger partial charge in [0.25, 0.3) is 0 Å². The second-order valence-electron chi connectivity index (χ2n) is 2.68. The van der Waals surface area contributed by atoms with Crippen LogP contribution < -0.4 is 0 Å². The smallest absolute Gasteiger partial charge is 0.308 e. The van der Waals surface area contributed by atoms with E-state index in [-0.39, 0.29) is 12.0 Å². The lowest BCUT2D eigenvalue weighted by Gasteiger charge is -2.09. The zero-order chi connectivity index (χ0) is 10.6. The van der Waals surface area contributed by atoms with E-state index < -0.39 is 18.0 Å². The molecule has 0 spiro atoms. The molecular weight excluding hydrogens is 189 g/mol. The summed E-state index contributed by atoms with van der Waals surface area (Å²) in [5.41, 5.74) is -0.00194. The Kier molecular flexibility index (Phi) is 3.53. The van der Waals surface area contributed by atoms with Gasteiger partial charge in [0.2, 0.25) is 5.95 Å². The molecule has 0 aliphatic rings. The number of aliphatic hydroxyl groups is 1. The van der Waals surface area contributed by atoms with Gasteiger partial charge in [-0.3, -0.25) is 4.79 Å². The molecule has 0 saturated heterocycles. The lowest BCUT2D eigenvalue weighted by molar-refractivity contribution is -0.142. The van der Waals surface area contributed by atoms with Gasteiger partial charge < -0.3 is 9.84 Å². The molecule has 0 unspecified atom stereocenters. The number of aromatic nitrogens is 1. The summed E-state index contributed by atoms with van der Waals surface area (Å²) in [6.07, 6.45) is -0.223. The van der Waals surface area contributed by atoms with Gasteiger partial charge in [0.05, 0.1) is 19.6 Å². The highest BCUT2D eigenvalue weighted by atomic mass is 19.1. The van der Waals surface area contributed by atoms with Gasteiger partial charge >= 0.3 is 5.97 Å². The average molecular weight is 199 g/mol. The highest BCUT2D eigenvalue weighted by molar-refractivity contribution is 5.70. The molecule has 0 aliphatic heterocycles. The van der Waals surface area contributed by atoms with Crippen molar-refractivity contribution >= 4 is 5.97 Å². The van der Waals surface area contributed by atoms with Gasteiger partial charge in [-0.1, -0.05) is 6.07 Å². The Morgan fingerprint density at radius 2 is 2.50 bits per heavy atom. The van der Waals surface area contributed by atoms with Gasteiger partial charge in [0.15, 0.2) is 0 Å². The van der Waals surface area contributed by atoms with Crippen molar-refractivity contribution in [1.29, 1.82) is 0 Å². The van der Waals surface area contributed by atoms with Crippen molar-refractivity contribution in [1.82, 2.24) is 4.98 Å². The zero-order valence-corrected chi connectivity index (χ0v) is 7.61. The third-order valence-corrected chi connectivity index (χ3v) is 1.73. The fourth-order valence-corrected chi connectivity index (χ4v) is 0.998. The van der Waals surface area contributed by atoms with Gasteiger partial charge in [-0.25, -0.2) is 4.98 Å². The molecule has 76 valence electrons.